The van der Waals surface area contributed by atoms with Crippen molar-refractivity contribution in [2.45, 2.75) is 64.1 Å². The molecule has 4 heteroatoms. The Morgan fingerprint density at radius 2 is 2.15 bits per heavy atom. The molecule has 0 saturated heterocycles. The lowest BCUT2D eigenvalue weighted by Gasteiger charge is -2.27. The number of ether oxygens (including phenoxy) is 1. The molecule has 2 aliphatic rings. The molecule has 1 aromatic rings. The van der Waals surface area contributed by atoms with E-state index in [1.54, 1.807) is 0 Å². The lowest BCUT2D eigenvalue weighted by molar-refractivity contribution is 0.123. The molecule has 2 atom stereocenters. The predicted octanol–water partition coefficient (Wildman–Crippen LogP) is 3.94. The number of hydrogen-bond donors (Lipinski definition) is 1. The van der Waals surface area contributed by atoms with Crippen LogP contribution in [-0.4, -0.2) is 17.1 Å². The van der Waals surface area contributed by atoms with Gasteiger partial charge < -0.3 is 10.1 Å². The fraction of sp³-hybridized carbons (Fsp3) is 0.688. The first-order valence-corrected chi connectivity index (χ1v) is 8.14. The van der Waals surface area contributed by atoms with Crippen LogP contribution in [0.1, 0.15) is 51.1 Å². The highest BCUT2D eigenvalue weighted by molar-refractivity contribution is 6.31. The van der Waals surface area contributed by atoms with E-state index in [1.165, 1.54) is 25.7 Å². The van der Waals surface area contributed by atoms with Gasteiger partial charge in [0.2, 0.25) is 5.88 Å². The molecular weight excluding hydrogens is 272 g/mol. The van der Waals surface area contributed by atoms with E-state index in [9.17, 15) is 0 Å². The molecule has 0 spiro atoms. The third-order valence-electron chi connectivity index (χ3n) is 4.20. The Balaban J connectivity index is 1.61. The summed E-state index contributed by atoms with van der Waals surface area (Å²) in [6, 6.07) is 4.46. The molecule has 110 valence electrons. The van der Waals surface area contributed by atoms with Crippen molar-refractivity contribution in [1.29, 1.82) is 0 Å². The predicted molar refractivity (Wildman–Crippen MR) is 81.2 cm³/mol. The fourth-order valence-corrected chi connectivity index (χ4v) is 3.01. The van der Waals surface area contributed by atoms with Gasteiger partial charge >= 0.3 is 0 Å². The average molecular weight is 295 g/mol. The number of pyridine rings is 1. The molecule has 0 aliphatic heterocycles. The van der Waals surface area contributed by atoms with Crippen LogP contribution in [0.3, 0.4) is 0 Å². The van der Waals surface area contributed by atoms with Crippen molar-refractivity contribution in [3.8, 4) is 5.88 Å². The van der Waals surface area contributed by atoms with E-state index in [1.807, 2.05) is 12.1 Å². The summed E-state index contributed by atoms with van der Waals surface area (Å²) in [5.74, 6) is 1.48. The number of rotatable bonds is 5. The zero-order valence-corrected chi connectivity index (χ0v) is 12.8. The Bertz CT molecular complexity index is 462. The van der Waals surface area contributed by atoms with E-state index in [2.05, 4.69) is 17.2 Å². The van der Waals surface area contributed by atoms with Crippen molar-refractivity contribution in [3.05, 3.63) is 22.8 Å². The van der Waals surface area contributed by atoms with Gasteiger partial charge in [0.1, 0.15) is 6.10 Å². The minimum Gasteiger partial charge on any atom is -0.474 e. The highest BCUT2D eigenvalue weighted by Gasteiger charge is 2.22. The van der Waals surface area contributed by atoms with Gasteiger partial charge in [-0.05, 0) is 44.1 Å². The monoisotopic (exact) mass is 294 g/mol. The highest BCUT2D eigenvalue weighted by atomic mass is 35.5. The van der Waals surface area contributed by atoms with E-state index in [0.717, 1.165) is 41.9 Å². The SMILES string of the molecule is CC1CCCC(Oc2ccc(Cl)c(CNC3CC3)n2)C1. The lowest BCUT2D eigenvalue weighted by Crippen LogP contribution is -2.24. The summed E-state index contributed by atoms with van der Waals surface area (Å²) in [6.45, 7) is 3.04. The third-order valence-corrected chi connectivity index (χ3v) is 4.55. The van der Waals surface area contributed by atoms with Crippen LogP contribution in [0.5, 0.6) is 5.88 Å². The molecule has 0 aromatic carbocycles. The highest BCUT2D eigenvalue weighted by Crippen LogP contribution is 2.28. The van der Waals surface area contributed by atoms with Gasteiger partial charge in [0.05, 0.1) is 10.7 Å². The topological polar surface area (TPSA) is 34.1 Å². The smallest absolute Gasteiger partial charge is 0.213 e. The van der Waals surface area contributed by atoms with Crippen molar-refractivity contribution in [2.75, 3.05) is 0 Å². The van der Waals surface area contributed by atoms with Crippen LogP contribution in [0.25, 0.3) is 0 Å². The van der Waals surface area contributed by atoms with Crippen LogP contribution in [0.2, 0.25) is 5.02 Å². The number of hydrogen-bond acceptors (Lipinski definition) is 3. The van der Waals surface area contributed by atoms with E-state index < -0.39 is 0 Å². The Morgan fingerprint density at radius 1 is 1.30 bits per heavy atom. The summed E-state index contributed by atoms with van der Waals surface area (Å²) >= 11 is 6.21. The molecule has 1 aromatic heterocycles. The zero-order chi connectivity index (χ0) is 13.9. The molecule has 3 rings (SSSR count). The van der Waals surface area contributed by atoms with Crippen LogP contribution in [0.4, 0.5) is 0 Å². The van der Waals surface area contributed by atoms with Gasteiger partial charge in [-0.25, -0.2) is 4.98 Å². The van der Waals surface area contributed by atoms with Crippen molar-refractivity contribution in [1.82, 2.24) is 10.3 Å². The molecule has 2 unspecified atom stereocenters. The quantitative estimate of drug-likeness (QED) is 0.893. The molecule has 2 fully saturated rings. The molecule has 2 aliphatic carbocycles. The van der Waals surface area contributed by atoms with Crippen molar-refractivity contribution in [3.63, 3.8) is 0 Å². The van der Waals surface area contributed by atoms with Gasteiger partial charge in [-0.15, -0.1) is 0 Å². The summed E-state index contributed by atoms with van der Waals surface area (Å²) in [5.41, 5.74) is 0.903. The molecule has 20 heavy (non-hydrogen) atoms. The Labute approximate surface area is 126 Å². The summed E-state index contributed by atoms with van der Waals surface area (Å²) in [7, 11) is 0. The van der Waals surface area contributed by atoms with Gasteiger partial charge in [-0.1, -0.05) is 24.9 Å². The molecule has 0 bridgehead atoms. The fourth-order valence-electron chi connectivity index (χ4n) is 2.84. The molecule has 0 radical (unpaired) electrons. The second kappa shape index (κ2) is 6.31. The molecule has 1 N–H and O–H groups in total. The summed E-state index contributed by atoms with van der Waals surface area (Å²) < 4.78 is 6.05. The molecule has 3 nitrogen and oxygen atoms in total. The van der Waals surface area contributed by atoms with Crippen LogP contribution >= 0.6 is 11.6 Å². The maximum Gasteiger partial charge on any atom is 0.213 e. The Hall–Kier alpha value is -0.800. The average Bonchev–Trinajstić information content (AvgIpc) is 3.23. The lowest BCUT2D eigenvalue weighted by atomic mass is 9.89. The normalized spacial score (nSPS) is 26.5. The van der Waals surface area contributed by atoms with Gasteiger partial charge in [-0.3, -0.25) is 0 Å². The second-order valence-corrected chi connectivity index (χ2v) is 6.65. The first kappa shape index (κ1) is 14.2. The van der Waals surface area contributed by atoms with E-state index in [0.29, 0.717) is 12.1 Å². The second-order valence-electron chi connectivity index (χ2n) is 6.24. The number of nitrogens with zero attached hydrogens (tertiary/aromatic N) is 1. The van der Waals surface area contributed by atoms with E-state index in [-0.39, 0.29) is 0 Å². The minimum atomic E-state index is 0.316. The largest absolute Gasteiger partial charge is 0.474 e. The first-order valence-electron chi connectivity index (χ1n) is 7.76. The zero-order valence-electron chi connectivity index (χ0n) is 12.1. The summed E-state index contributed by atoms with van der Waals surface area (Å²) in [4.78, 5) is 4.57. The number of aromatic nitrogens is 1. The molecule has 2 saturated carbocycles. The van der Waals surface area contributed by atoms with E-state index in [4.69, 9.17) is 16.3 Å². The van der Waals surface area contributed by atoms with Crippen molar-refractivity contribution >= 4 is 11.6 Å². The van der Waals surface area contributed by atoms with Crippen molar-refractivity contribution in [2.24, 2.45) is 5.92 Å². The maximum absolute atomic E-state index is 6.21. The number of halogens is 1. The van der Waals surface area contributed by atoms with E-state index >= 15 is 0 Å². The Kier molecular flexibility index (Phi) is 4.47. The van der Waals surface area contributed by atoms with Gasteiger partial charge in [0, 0.05) is 18.7 Å². The summed E-state index contributed by atoms with van der Waals surface area (Å²) in [5, 5.41) is 4.17. The molecule has 0 amide bonds. The van der Waals surface area contributed by atoms with Crippen LogP contribution in [0.15, 0.2) is 12.1 Å². The molecule has 1 heterocycles. The number of nitrogens with one attached hydrogen (secondary N) is 1. The van der Waals surface area contributed by atoms with Crippen LogP contribution < -0.4 is 10.1 Å². The van der Waals surface area contributed by atoms with Crippen LogP contribution in [0, 0.1) is 5.92 Å². The third kappa shape index (κ3) is 3.86. The van der Waals surface area contributed by atoms with Gasteiger partial charge in [0.15, 0.2) is 0 Å². The first-order chi connectivity index (χ1) is 9.70. The van der Waals surface area contributed by atoms with Crippen LogP contribution in [-0.2, 0) is 6.54 Å². The standard InChI is InChI=1S/C16H23ClN2O/c1-11-3-2-4-13(9-11)20-16-8-7-14(17)15(19-16)10-18-12-5-6-12/h7-8,11-13,18H,2-6,9-10H2,1H3. The Morgan fingerprint density at radius 3 is 2.90 bits per heavy atom. The maximum atomic E-state index is 6.21. The summed E-state index contributed by atoms with van der Waals surface area (Å²) in [6.07, 6.45) is 7.72. The molecular formula is C16H23ClN2O. The van der Waals surface area contributed by atoms with Gasteiger partial charge in [0.25, 0.3) is 0 Å². The van der Waals surface area contributed by atoms with Crippen molar-refractivity contribution < 1.29 is 4.74 Å². The van der Waals surface area contributed by atoms with Gasteiger partial charge in [-0.2, -0.15) is 0 Å². The minimum absolute atomic E-state index is 0.316.